The van der Waals surface area contributed by atoms with Crippen LogP contribution >= 0.6 is 0 Å². The van der Waals surface area contributed by atoms with E-state index in [1.807, 2.05) is 36.4 Å². The minimum Gasteiger partial charge on any atom is -0.405 e. The van der Waals surface area contributed by atoms with Crippen LogP contribution in [0, 0.1) is 0 Å². The monoisotopic (exact) mass is 237 g/mol. The minimum absolute atomic E-state index is 0.270. The molecule has 0 unspecified atom stereocenters. The number of aromatic nitrogens is 1. The van der Waals surface area contributed by atoms with Crippen LogP contribution in [0.3, 0.4) is 0 Å². The summed E-state index contributed by atoms with van der Waals surface area (Å²) in [6.07, 6.45) is 1.76. The topological polar surface area (TPSA) is 46.0 Å². The zero-order valence-electron chi connectivity index (χ0n) is 9.64. The van der Waals surface area contributed by atoms with Gasteiger partial charge in [-0.25, -0.2) is 4.79 Å². The molecule has 0 amide bonds. The van der Waals surface area contributed by atoms with Gasteiger partial charge in [-0.05, 0) is 35.1 Å². The molecular formula is C15H11NO2. The lowest BCUT2D eigenvalue weighted by atomic mass is 10.1. The van der Waals surface area contributed by atoms with Crippen molar-refractivity contribution in [3.05, 3.63) is 69.3 Å². The van der Waals surface area contributed by atoms with Crippen LogP contribution in [0.4, 0.5) is 0 Å². The van der Waals surface area contributed by atoms with Gasteiger partial charge in [-0.3, -0.25) is 0 Å². The third-order valence-corrected chi connectivity index (χ3v) is 2.79. The molecule has 1 aromatic heterocycles. The van der Waals surface area contributed by atoms with E-state index < -0.39 is 5.63 Å². The van der Waals surface area contributed by atoms with Crippen molar-refractivity contribution in [2.24, 2.45) is 0 Å². The number of H-pyrrole nitrogens is 1. The third kappa shape index (κ3) is 1.86. The molecule has 0 bridgehead atoms. The summed E-state index contributed by atoms with van der Waals surface area (Å²) in [4.78, 5) is 14.2. The van der Waals surface area contributed by atoms with Crippen molar-refractivity contribution >= 4 is 23.4 Å². The lowest BCUT2D eigenvalue weighted by Crippen LogP contribution is -2.20. The van der Waals surface area contributed by atoms with Crippen molar-refractivity contribution in [1.29, 1.82) is 0 Å². The zero-order chi connectivity index (χ0) is 12.5. The predicted molar refractivity (Wildman–Crippen MR) is 71.6 cm³/mol. The second kappa shape index (κ2) is 4.04. The van der Waals surface area contributed by atoms with Gasteiger partial charge in [0.05, 0.1) is 0 Å². The van der Waals surface area contributed by atoms with Gasteiger partial charge in [-0.1, -0.05) is 36.4 Å². The Kier molecular flexibility index (Phi) is 2.38. The van der Waals surface area contributed by atoms with Crippen LogP contribution in [0.25, 0.3) is 23.4 Å². The summed E-state index contributed by atoms with van der Waals surface area (Å²) >= 11 is 0. The molecule has 3 nitrogen and oxygen atoms in total. The van der Waals surface area contributed by atoms with E-state index in [4.69, 9.17) is 4.42 Å². The van der Waals surface area contributed by atoms with Crippen molar-refractivity contribution in [3.8, 4) is 0 Å². The quantitative estimate of drug-likeness (QED) is 0.694. The lowest BCUT2D eigenvalue weighted by Gasteiger charge is -1.98. The van der Waals surface area contributed by atoms with Crippen LogP contribution in [0.5, 0.6) is 0 Å². The smallest absolute Gasteiger partial charge is 0.361 e. The number of aromatic amines is 1. The number of hydrogen-bond donors (Lipinski definition) is 1. The maximum Gasteiger partial charge on any atom is 0.361 e. The van der Waals surface area contributed by atoms with E-state index in [0.29, 0.717) is 5.35 Å². The number of nitrogens with one attached hydrogen (secondary N) is 1. The first-order valence-electron chi connectivity index (χ1n) is 5.61. The maximum absolute atomic E-state index is 11.4. The highest BCUT2D eigenvalue weighted by molar-refractivity contribution is 5.84. The second-order valence-electron chi connectivity index (χ2n) is 4.10. The second-order valence-corrected chi connectivity index (χ2v) is 4.10. The molecule has 0 aliphatic carbocycles. The molecule has 18 heavy (non-hydrogen) atoms. The average Bonchev–Trinajstić information content (AvgIpc) is 2.68. The first kappa shape index (κ1) is 10.6. The molecule has 2 aromatic carbocycles. The number of fused-ring (bicyclic) bond motifs is 1. The molecule has 1 heterocycles. The van der Waals surface area contributed by atoms with Crippen molar-refractivity contribution in [1.82, 2.24) is 4.98 Å². The van der Waals surface area contributed by atoms with Crippen LogP contribution in [0.1, 0.15) is 5.56 Å². The molecule has 0 spiro atoms. The van der Waals surface area contributed by atoms with E-state index in [1.165, 1.54) is 5.39 Å². The summed E-state index contributed by atoms with van der Waals surface area (Å²) in [7, 11) is 0. The van der Waals surface area contributed by atoms with E-state index in [1.54, 1.807) is 6.08 Å². The van der Waals surface area contributed by atoms with Gasteiger partial charge in [0.25, 0.3) is 0 Å². The molecule has 3 rings (SSSR count). The van der Waals surface area contributed by atoms with Crippen molar-refractivity contribution in [3.63, 3.8) is 0 Å². The van der Waals surface area contributed by atoms with Crippen molar-refractivity contribution in [2.75, 3.05) is 0 Å². The largest absolute Gasteiger partial charge is 0.405 e. The minimum atomic E-state index is -0.395. The number of hydrogen-bond acceptors (Lipinski definition) is 2. The summed E-state index contributed by atoms with van der Waals surface area (Å²) in [5.41, 5.74) is 0.822. The molecule has 0 radical (unpaired) electrons. The Balaban J connectivity index is 2.21. The molecule has 3 aromatic rings. The van der Waals surface area contributed by atoms with Gasteiger partial charge in [-0.2, -0.15) is 0 Å². The average molecular weight is 237 g/mol. The fourth-order valence-electron chi connectivity index (χ4n) is 1.95. The summed E-state index contributed by atoms with van der Waals surface area (Å²) in [5.74, 6) is 0. The van der Waals surface area contributed by atoms with Crippen molar-refractivity contribution < 1.29 is 4.42 Å². The van der Waals surface area contributed by atoms with Gasteiger partial charge < -0.3 is 9.40 Å². The number of rotatable bonds is 1. The zero-order valence-corrected chi connectivity index (χ0v) is 9.64. The van der Waals surface area contributed by atoms with Gasteiger partial charge in [0.15, 0.2) is 5.55 Å². The van der Waals surface area contributed by atoms with Crippen LogP contribution in [0.2, 0.25) is 0 Å². The van der Waals surface area contributed by atoms with Crippen LogP contribution < -0.4 is 16.5 Å². The molecule has 0 aliphatic heterocycles. The van der Waals surface area contributed by atoms with Gasteiger partial charge in [0.2, 0.25) is 0 Å². The summed E-state index contributed by atoms with van der Waals surface area (Å²) in [5, 5.41) is 2.72. The molecule has 3 heteroatoms. The lowest BCUT2D eigenvalue weighted by molar-refractivity contribution is 0.488. The highest BCUT2D eigenvalue weighted by Gasteiger charge is 1.96. The Labute approximate surface area is 103 Å². The Morgan fingerprint density at radius 3 is 2.61 bits per heavy atom. The molecular weight excluding hydrogens is 226 g/mol. The molecule has 0 fully saturated rings. The fourth-order valence-corrected chi connectivity index (χ4v) is 1.95. The first-order valence-corrected chi connectivity index (χ1v) is 5.61. The molecule has 0 aliphatic rings. The molecule has 88 valence electrons. The highest BCUT2D eigenvalue weighted by Crippen LogP contribution is 2.15. The third-order valence-electron chi connectivity index (χ3n) is 2.79. The standard InChI is InChI=1S/C15H11NO2/c1-10-16-14(15(17)18-10)9-11-6-7-12-4-2-3-5-13(12)8-11/h2-9,16H,1H2. The molecule has 1 N–H and O–H groups in total. The Morgan fingerprint density at radius 1 is 1.11 bits per heavy atom. The van der Waals surface area contributed by atoms with Gasteiger partial charge in [-0.15, -0.1) is 0 Å². The van der Waals surface area contributed by atoms with Crippen molar-refractivity contribution in [2.45, 2.75) is 0 Å². The number of benzene rings is 2. The van der Waals surface area contributed by atoms with Crippen LogP contribution in [-0.2, 0) is 0 Å². The van der Waals surface area contributed by atoms with Crippen LogP contribution in [-0.4, -0.2) is 4.98 Å². The molecule has 0 saturated heterocycles. The van der Waals surface area contributed by atoms with E-state index in [0.717, 1.165) is 10.9 Å². The molecule has 0 atom stereocenters. The SMILES string of the molecule is C=c1[nH]c(=Cc2ccc3ccccc3c2)c(=O)o1. The van der Waals surface area contributed by atoms with E-state index in [2.05, 4.69) is 17.6 Å². The van der Waals surface area contributed by atoms with Crippen LogP contribution in [0.15, 0.2) is 51.7 Å². The molecule has 0 saturated carbocycles. The van der Waals surface area contributed by atoms with Gasteiger partial charge in [0.1, 0.15) is 5.35 Å². The number of oxazole rings is 1. The Morgan fingerprint density at radius 2 is 1.89 bits per heavy atom. The Hall–Kier alpha value is -2.55. The first-order chi connectivity index (χ1) is 8.72. The Bertz CT molecular complexity index is 871. The van der Waals surface area contributed by atoms with Gasteiger partial charge in [0, 0.05) is 0 Å². The van der Waals surface area contributed by atoms with E-state index in [-0.39, 0.29) is 5.55 Å². The van der Waals surface area contributed by atoms with Gasteiger partial charge >= 0.3 is 5.63 Å². The summed E-state index contributed by atoms with van der Waals surface area (Å²) in [6.45, 7) is 3.55. The predicted octanol–water partition coefficient (Wildman–Crippen LogP) is 1.36. The summed E-state index contributed by atoms with van der Waals surface area (Å²) < 4.78 is 4.82. The van der Waals surface area contributed by atoms with E-state index >= 15 is 0 Å². The maximum atomic E-state index is 11.4. The normalized spacial score (nSPS) is 12.1. The summed E-state index contributed by atoms with van der Waals surface area (Å²) in [6, 6.07) is 14.1. The highest BCUT2D eigenvalue weighted by atomic mass is 16.4. The van der Waals surface area contributed by atoms with E-state index in [9.17, 15) is 4.79 Å². The fraction of sp³-hybridized carbons (Fsp3) is 0.